The Morgan fingerprint density at radius 3 is 1.86 bits per heavy atom. The van der Waals surface area contributed by atoms with Gasteiger partial charge in [0.05, 0.1) is 22.3 Å². The molecule has 0 aliphatic rings. The minimum Gasteiger partial charge on any atom is -0.540 e. The Hall–Kier alpha value is -3.23. The molecule has 3 aromatic rings. The first-order chi connectivity index (χ1) is 16.7. The maximum Gasteiger partial charge on any atom is 0.573 e. The van der Waals surface area contributed by atoms with Gasteiger partial charge in [0.2, 0.25) is 0 Å². The summed E-state index contributed by atoms with van der Waals surface area (Å²) in [5.74, 6) is -3.67. The molecule has 0 aromatic heterocycles. The minimum absolute atomic E-state index is 0.0333. The minimum atomic E-state index is -4.82. The Bertz CT molecular complexity index is 1250. The highest BCUT2D eigenvalue weighted by Gasteiger charge is 2.31. The number of carboxylic acids is 1. The van der Waals surface area contributed by atoms with Crippen LogP contribution in [-0.2, 0) is 21.5 Å². The molecule has 0 aliphatic carbocycles. The molecule has 0 fully saturated rings. The van der Waals surface area contributed by atoms with Crippen molar-refractivity contribution >= 4 is 40.8 Å². The fourth-order valence-corrected chi connectivity index (χ4v) is 4.19. The summed E-state index contributed by atoms with van der Waals surface area (Å²) < 4.78 is 41.1. The van der Waals surface area contributed by atoms with Crippen LogP contribution in [0.25, 0.3) is 11.1 Å². The summed E-state index contributed by atoms with van der Waals surface area (Å²) in [5.41, 5.74) is 2.45. The number of carboxylic acid groups (broad SMARTS) is 1. The predicted molar refractivity (Wildman–Crippen MR) is 130 cm³/mol. The average Bonchev–Trinajstić information content (AvgIpc) is 2.76. The number of benzene rings is 3. The molecule has 0 spiro atoms. The molecule has 0 bridgehead atoms. The van der Waals surface area contributed by atoms with Gasteiger partial charge >= 0.3 is 6.36 Å². The smallest absolute Gasteiger partial charge is 0.540 e. The van der Waals surface area contributed by atoms with Crippen LogP contribution in [0, 0.1) is 0 Å². The van der Waals surface area contributed by atoms with E-state index in [9.17, 15) is 27.9 Å². The second-order valence-electron chi connectivity index (χ2n) is 8.99. The van der Waals surface area contributed by atoms with E-state index in [2.05, 4.69) is 4.74 Å². The molecule has 0 saturated carbocycles. The number of amides is 1. The van der Waals surface area contributed by atoms with Crippen LogP contribution >= 0.6 is 23.2 Å². The van der Waals surface area contributed by atoms with Crippen molar-refractivity contribution in [1.82, 2.24) is 0 Å². The molecule has 0 atom stereocenters. The van der Waals surface area contributed by atoms with E-state index >= 15 is 0 Å². The standard InChI is InChI=1S/C26H22Cl2F3NO4/c1-25(2,3)18-8-4-15(5-9-18)14-32(23(33)24(34)35)22-20(27)12-17(13-21(22)28)16-6-10-19(11-7-16)36-26(29,30)31/h4-13H,14H2,1-3H3,(H,34,35)/p-1. The molecule has 3 rings (SSSR count). The Labute approximate surface area is 216 Å². The fourth-order valence-electron chi connectivity index (χ4n) is 3.49. The zero-order valence-corrected chi connectivity index (χ0v) is 21.0. The quantitative estimate of drug-likeness (QED) is 0.366. The van der Waals surface area contributed by atoms with Gasteiger partial charge in [-0.3, -0.25) is 9.69 Å². The maximum absolute atomic E-state index is 12.5. The number of hydrogen-bond acceptors (Lipinski definition) is 4. The second kappa shape index (κ2) is 10.4. The van der Waals surface area contributed by atoms with Crippen LogP contribution < -0.4 is 14.7 Å². The fraction of sp³-hybridized carbons (Fsp3) is 0.231. The van der Waals surface area contributed by atoms with Crippen LogP contribution in [0.5, 0.6) is 5.75 Å². The molecule has 10 heteroatoms. The van der Waals surface area contributed by atoms with E-state index < -0.39 is 24.0 Å². The van der Waals surface area contributed by atoms with Crippen molar-refractivity contribution in [1.29, 1.82) is 0 Å². The molecule has 0 radical (unpaired) electrons. The molecule has 1 amide bonds. The van der Waals surface area contributed by atoms with E-state index in [1.807, 2.05) is 32.9 Å². The van der Waals surface area contributed by atoms with Crippen molar-refractivity contribution in [2.24, 2.45) is 0 Å². The Balaban J connectivity index is 1.96. The number of hydrogen-bond donors (Lipinski definition) is 0. The van der Waals surface area contributed by atoms with Crippen LogP contribution in [0.4, 0.5) is 18.9 Å². The predicted octanol–water partition coefficient (Wildman–Crippen LogP) is 6.14. The zero-order chi connectivity index (χ0) is 26.8. The average molecular weight is 539 g/mol. The summed E-state index contributed by atoms with van der Waals surface area (Å²) in [6.45, 7) is 6.00. The van der Waals surface area contributed by atoms with Gasteiger partial charge in [-0.25, -0.2) is 0 Å². The molecular formula is C26H21Cl2F3NO4-. The van der Waals surface area contributed by atoms with Gasteiger partial charge in [0, 0.05) is 0 Å². The number of carbonyl (C=O) groups excluding carboxylic acids is 2. The third-order valence-electron chi connectivity index (χ3n) is 5.29. The number of aliphatic carboxylic acids is 1. The third-order valence-corrected chi connectivity index (χ3v) is 5.86. The number of carbonyl (C=O) groups is 2. The number of halogens is 5. The van der Waals surface area contributed by atoms with Gasteiger partial charge in [0.25, 0.3) is 5.91 Å². The van der Waals surface area contributed by atoms with E-state index in [4.69, 9.17) is 23.2 Å². The summed E-state index contributed by atoms with van der Waals surface area (Å²) in [7, 11) is 0. The van der Waals surface area contributed by atoms with E-state index in [-0.39, 0.29) is 27.7 Å². The van der Waals surface area contributed by atoms with Crippen LogP contribution in [0.1, 0.15) is 31.9 Å². The molecule has 0 heterocycles. The molecule has 0 saturated heterocycles. The monoisotopic (exact) mass is 538 g/mol. The second-order valence-corrected chi connectivity index (χ2v) is 9.80. The number of nitrogens with zero attached hydrogens (tertiary/aromatic N) is 1. The topological polar surface area (TPSA) is 69.7 Å². The highest BCUT2D eigenvalue weighted by atomic mass is 35.5. The largest absolute Gasteiger partial charge is 0.573 e. The Morgan fingerprint density at radius 1 is 0.889 bits per heavy atom. The lowest BCUT2D eigenvalue weighted by molar-refractivity contribution is -0.300. The number of ether oxygens (including phenoxy) is 1. The molecular weight excluding hydrogens is 518 g/mol. The van der Waals surface area contributed by atoms with Gasteiger partial charge in [0.15, 0.2) is 0 Å². The molecule has 5 nitrogen and oxygen atoms in total. The van der Waals surface area contributed by atoms with E-state index in [0.29, 0.717) is 16.7 Å². The summed E-state index contributed by atoms with van der Waals surface area (Å²) in [6, 6.07) is 15.2. The van der Waals surface area contributed by atoms with Gasteiger partial charge in [-0.1, -0.05) is 80.4 Å². The molecule has 0 aliphatic heterocycles. The third kappa shape index (κ3) is 6.71. The Kier molecular flexibility index (Phi) is 7.91. The molecule has 0 N–H and O–H groups in total. The number of anilines is 1. The molecule has 3 aromatic carbocycles. The molecule has 36 heavy (non-hydrogen) atoms. The first kappa shape index (κ1) is 27.4. The number of rotatable bonds is 5. The summed E-state index contributed by atoms with van der Waals surface area (Å²) in [6.07, 6.45) is -4.82. The maximum atomic E-state index is 12.5. The van der Waals surface area contributed by atoms with Crippen molar-refractivity contribution in [3.8, 4) is 16.9 Å². The lowest BCUT2D eigenvalue weighted by Gasteiger charge is -2.26. The highest BCUT2D eigenvalue weighted by Crippen LogP contribution is 2.39. The van der Waals surface area contributed by atoms with E-state index in [1.54, 1.807) is 12.1 Å². The van der Waals surface area contributed by atoms with Crippen molar-refractivity contribution in [3.63, 3.8) is 0 Å². The lowest BCUT2D eigenvalue weighted by Crippen LogP contribution is -2.44. The zero-order valence-electron chi connectivity index (χ0n) is 19.5. The first-order valence-electron chi connectivity index (χ1n) is 10.6. The summed E-state index contributed by atoms with van der Waals surface area (Å²) in [5, 5.41) is 11.4. The van der Waals surface area contributed by atoms with Crippen LogP contribution in [0.15, 0.2) is 60.7 Å². The van der Waals surface area contributed by atoms with Crippen molar-refractivity contribution in [2.75, 3.05) is 4.90 Å². The van der Waals surface area contributed by atoms with Crippen LogP contribution in [0.2, 0.25) is 10.0 Å². The van der Waals surface area contributed by atoms with Gasteiger partial charge < -0.3 is 14.6 Å². The first-order valence-corrected chi connectivity index (χ1v) is 11.4. The summed E-state index contributed by atoms with van der Waals surface area (Å²) in [4.78, 5) is 24.9. The Morgan fingerprint density at radius 2 is 1.42 bits per heavy atom. The molecule has 0 unspecified atom stereocenters. The SMILES string of the molecule is CC(C)(C)c1ccc(CN(C(=O)C(=O)[O-])c2c(Cl)cc(-c3ccc(OC(F)(F)F)cc3)cc2Cl)cc1. The van der Waals surface area contributed by atoms with Crippen LogP contribution in [0.3, 0.4) is 0 Å². The normalized spacial score (nSPS) is 11.8. The van der Waals surface area contributed by atoms with Crippen LogP contribution in [-0.4, -0.2) is 18.2 Å². The van der Waals surface area contributed by atoms with Gasteiger partial charge in [-0.15, -0.1) is 13.2 Å². The van der Waals surface area contributed by atoms with Gasteiger partial charge in [-0.2, -0.15) is 0 Å². The summed E-state index contributed by atoms with van der Waals surface area (Å²) >= 11 is 12.9. The lowest BCUT2D eigenvalue weighted by atomic mass is 9.87. The van der Waals surface area contributed by atoms with Crippen molar-refractivity contribution < 1.29 is 32.6 Å². The molecule has 190 valence electrons. The van der Waals surface area contributed by atoms with Gasteiger partial charge in [-0.05, 0) is 51.9 Å². The van der Waals surface area contributed by atoms with E-state index in [1.165, 1.54) is 24.3 Å². The van der Waals surface area contributed by atoms with E-state index in [0.717, 1.165) is 22.6 Å². The van der Waals surface area contributed by atoms with Crippen molar-refractivity contribution in [3.05, 3.63) is 81.8 Å². The van der Waals surface area contributed by atoms with Gasteiger partial charge in [0.1, 0.15) is 11.7 Å². The number of alkyl halides is 3. The van der Waals surface area contributed by atoms with Crippen molar-refractivity contribution in [2.45, 2.75) is 39.1 Å². The highest BCUT2D eigenvalue weighted by molar-refractivity contribution is 6.43.